The first-order chi connectivity index (χ1) is 19.6. The van der Waals surface area contributed by atoms with E-state index in [-0.39, 0.29) is 28.5 Å². The molecule has 0 spiro atoms. The SMILES string of the molecule is Cc1[nH]c(C=C2C(=O)Nc3ccc(S(=O)(=O)Cc4ccccc4Cl)cc32)c(C)c1C(=O)N1CCC[C@@H]1CNC1CC1. The molecule has 1 saturated heterocycles. The van der Waals surface area contributed by atoms with Crippen LogP contribution in [0, 0.1) is 13.8 Å². The molecule has 1 aliphatic carbocycles. The molecule has 3 heterocycles. The van der Waals surface area contributed by atoms with Gasteiger partial charge in [0.05, 0.1) is 21.8 Å². The number of aryl methyl sites for hydroxylation is 1. The van der Waals surface area contributed by atoms with Crippen LogP contribution in [0.2, 0.25) is 5.02 Å². The summed E-state index contributed by atoms with van der Waals surface area (Å²) in [7, 11) is -3.73. The number of nitrogens with zero attached hydrogens (tertiary/aromatic N) is 1. The highest BCUT2D eigenvalue weighted by Gasteiger charge is 2.34. The molecule has 0 bridgehead atoms. The number of halogens is 1. The van der Waals surface area contributed by atoms with E-state index in [9.17, 15) is 18.0 Å². The van der Waals surface area contributed by atoms with Gasteiger partial charge in [-0.2, -0.15) is 0 Å². The standard InChI is InChI=1S/C31H33ClN4O4S/c1-18-28(34-19(2)29(18)31(38)36-13-5-7-22(36)16-33-21-9-10-21)15-25-24-14-23(11-12-27(24)35-30(25)37)41(39,40)17-20-6-3-4-8-26(20)32/h3-4,6,8,11-12,14-15,21-22,33-34H,5,7,9-10,13,16-17H2,1-2H3,(H,35,37)/t22-/m1/s1. The summed E-state index contributed by atoms with van der Waals surface area (Å²) in [5, 5.41) is 6.77. The van der Waals surface area contributed by atoms with Crippen LogP contribution in [-0.4, -0.2) is 55.3 Å². The van der Waals surface area contributed by atoms with Crippen LogP contribution in [0.1, 0.15) is 64.1 Å². The van der Waals surface area contributed by atoms with Crippen molar-refractivity contribution in [2.45, 2.75) is 62.3 Å². The van der Waals surface area contributed by atoms with Gasteiger partial charge in [0.2, 0.25) is 0 Å². The zero-order chi connectivity index (χ0) is 28.9. The Morgan fingerprint density at radius 2 is 1.93 bits per heavy atom. The molecule has 41 heavy (non-hydrogen) atoms. The molecule has 1 saturated carbocycles. The number of amides is 2. The first-order valence-electron chi connectivity index (χ1n) is 14.0. The fourth-order valence-electron chi connectivity index (χ4n) is 5.84. The van der Waals surface area contributed by atoms with Crippen LogP contribution in [0.5, 0.6) is 0 Å². The second-order valence-electron chi connectivity index (χ2n) is 11.2. The summed E-state index contributed by atoms with van der Waals surface area (Å²) in [5.41, 5.74) is 4.69. The summed E-state index contributed by atoms with van der Waals surface area (Å²) >= 11 is 6.21. The zero-order valence-electron chi connectivity index (χ0n) is 23.1. The summed E-state index contributed by atoms with van der Waals surface area (Å²) in [6, 6.07) is 12.3. The highest BCUT2D eigenvalue weighted by atomic mass is 35.5. The fraction of sp³-hybridized carbons (Fsp3) is 0.355. The molecular formula is C31H33ClN4O4S. The van der Waals surface area contributed by atoms with E-state index in [0.717, 1.165) is 37.2 Å². The Morgan fingerprint density at radius 3 is 2.68 bits per heavy atom. The largest absolute Gasteiger partial charge is 0.358 e. The number of anilines is 1. The second-order valence-corrected chi connectivity index (χ2v) is 13.6. The number of benzene rings is 2. The lowest BCUT2D eigenvalue weighted by atomic mass is 10.0. The van der Waals surface area contributed by atoms with Crippen LogP contribution in [0.15, 0.2) is 47.4 Å². The van der Waals surface area contributed by atoms with Gasteiger partial charge < -0.3 is 20.5 Å². The Morgan fingerprint density at radius 1 is 1.15 bits per heavy atom. The van der Waals surface area contributed by atoms with E-state index in [2.05, 4.69) is 15.6 Å². The van der Waals surface area contributed by atoms with Gasteiger partial charge in [-0.1, -0.05) is 29.8 Å². The van der Waals surface area contributed by atoms with Crippen LogP contribution in [0.4, 0.5) is 5.69 Å². The summed E-state index contributed by atoms with van der Waals surface area (Å²) in [6.07, 6.45) is 6.10. The molecule has 2 aliphatic heterocycles. The number of hydrogen-bond donors (Lipinski definition) is 3. The zero-order valence-corrected chi connectivity index (χ0v) is 24.7. The van der Waals surface area contributed by atoms with Crippen molar-refractivity contribution in [3.8, 4) is 0 Å². The number of carbonyl (C=O) groups is 2. The van der Waals surface area contributed by atoms with Gasteiger partial charge in [0.25, 0.3) is 11.8 Å². The number of aromatic nitrogens is 1. The van der Waals surface area contributed by atoms with E-state index < -0.39 is 9.84 Å². The highest BCUT2D eigenvalue weighted by molar-refractivity contribution is 7.90. The molecule has 1 aromatic heterocycles. The summed E-state index contributed by atoms with van der Waals surface area (Å²) in [6.45, 7) is 5.30. The summed E-state index contributed by atoms with van der Waals surface area (Å²) in [4.78, 5) is 32.1. The number of likely N-dealkylation sites (tertiary alicyclic amines) is 1. The Bertz CT molecular complexity index is 1690. The first kappa shape index (κ1) is 27.8. The van der Waals surface area contributed by atoms with Crippen molar-refractivity contribution in [3.05, 3.63) is 81.1 Å². The van der Waals surface area contributed by atoms with Crippen LogP contribution >= 0.6 is 11.6 Å². The van der Waals surface area contributed by atoms with Crippen molar-refractivity contribution in [2.75, 3.05) is 18.4 Å². The van der Waals surface area contributed by atoms with Crippen molar-refractivity contribution < 1.29 is 18.0 Å². The molecule has 2 aromatic carbocycles. The average Bonchev–Trinajstić information content (AvgIpc) is 3.45. The monoisotopic (exact) mass is 592 g/mol. The number of fused-ring (bicyclic) bond motifs is 1. The number of H-pyrrole nitrogens is 1. The molecule has 3 aromatic rings. The summed E-state index contributed by atoms with van der Waals surface area (Å²) in [5.74, 6) is -0.573. The van der Waals surface area contributed by atoms with Gasteiger partial charge >= 0.3 is 0 Å². The third kappa shape index (κ3) is 5.46. The summed E-state index contributed by atoms with van der Waals surface area (Å²) < 4.78 is 26.6. The first-order valence-corrected chi connectivity index (χ1v) is 16.0. The van der Waals surface area contributed by atoms with E-state index in [1.165, 1.54) is 25.0 Å². The van der Waals surface area contributed by atoms with Gasteiger partial charge in [0.15, 0.2) is 9.84 Å². The molecule has 3 aliphatic rings. The number of carbonyl (C=O) groups excluding carboxylic acids is 2. The van der Waals surface area contributed by atoms with E-state index in [4.69, 9.17) is 11.6 Å². The van der Waals surface area contributed by atoms with Gasteiger partial charge in [-0.05, 0) is 81.0 Å². The van der Waals surface area contributed by atoms with E-state index in [1.54, 1.807) is 36.4 Å². The smallest absolute Gasteiger partial charge is 0.256 e. The molecule has 1 atom stereocenters. The predicted octanol–water partition coefficient (Wildman–Crippen LogP) is 5.11. The molecule has 214 valence electrons. The molecule has 2 amide bonds. The third-order valence-electron chi connectivity index (χ3n) is 8.27. The molecule has 3 N–H and O–H groups in total. The van der Waals surface area contributed by atoms with Crippen molar-refractivity contribution in [2.24, 2.45) is 0 Å². The normalized spacial score (nSPS) is 19.6. The number of rotatable bonds is 8. The molecule has 6 rings (SSSR count). The Hall–Kier alpha value is -3.40. The van der Waals surface area contributed by atoms with Gasteiger partial charge in [-0.25, -0.2) is 8.42 Å². The Balaban J connectivity index is 1.29. The van der Waals surface area contributed by atoms with Crippen LogP contribution in [-0.2, 0) is 20.4 Å². The van der Waals surface area contributed by atoms with E-state index >= 15 is 0 Å². The van der Waals surface area contributed by atoms with Crippen LogP contribution in [0.3, 0.4) is 0 Å². The Labute approximate surface area is 245 Å². The highest BCUT2D eigenvalue weighted by Crippen LogP contribution is 2.37. The van der Waals surface area contributed by atoms with Gasteiger partial charge in [0, 0.05) is 52.8 Å². The number of hydrogen-bond acceptors (Lipinski definition) is 5. The predicted molar refractivity (Wildman–Crippen MR) is 161 cm³/mol. The van der Waals surface area contributed by atoms with Gasteiger partial charge in [-0.15, -0.1) is 0 Å². The molecule has 8 nitrogen and oxygen atoms in total. The second kappa shape index (κ2) is 10.8. The number of nitrogens with one attached hydrogen (secondary N) is 3. The molecular weight excluding hydrogens is 560 g/mol. The number of aromatic amines is 1. The van der Waals surface area contributed by atoms with E-state index in [1.807, 2.05) is 18.7 Å². The minimum atomic E-state index is -3.73. The molecule has 0 unspecified atom stereocenters. The lowest BCUT2D eigenvalue weighted by Crippen LogP contribution is -2.42. The maximum atomic E-state index is 13.7. The minimum Gasteiger partial charge on any atom is -0.358 e. The molecule has 0 radical (unpaired) electrons. The van der Waals surface area contributed by atoms with Gasteiger partial charge in [0.1, 0.15) is 0 Å². The van der Waals surface area contributed by atoms with Crippen molar-refractivity contribution >= 4 is 50.6 Å². The van der Waals surface area contributed by atoms with E-state index in [0.29, 0.717) is 44.7 Å². The lowest BCUT2D eigenvalue weighted by molar-refractivity contribution is -0.110. The topological polar surface area (TPSA) is 111 Å². The molecule has 2 fully saturated rings. The lowest BCUT2D eigenvalue weighted by Gasteiger charge is -2.25. The average molecular weight is 593 g/mol. The molecule has 10 heteroatoms. The van der Waals surface area contributed by atoms with Gasteiger partial charge in [-0.3, -0.25) is 9.59 Å². The number of sulfone groups is 1. The van der Waals surface area contributed by atoms with Crippen molar-refractivity contribution in [1.82, 2.24) is 15.2 Å². The quantitative estimate of drug-likeness (QED) is 0.315. The fourth-order valence-corrected chi connectivity index (χ4v) is 7.52. The maximum Gasteiger partial charge on any atom is 0.256 e. The minimum absolute atomic E-state index is 0.00484. The van der Waals surface area contributed by atoms with Crippen molar-refractivity contribution in [3.63, 3.8) is 0 Å². The van der Waals surface area contributed by atoms with Crippen LogP contribution in [0.25, 0.3) is 11.6 Å². The Kier molecular flexibility index (Phi) is 7.30. The van der Waals surface area contributed by atoms with Crippen LogP contribution < -0.4 is 10.6 Å². The van der Waals surface area contributed by atoms with Crippen molar-refractivity contribution in [1.29, 1.82) is 0 Å². The third-order valence-corrected chi connectivity index (χ3v) is 10.3. The maximum absolute atomic E-state index is 13.7.